The molecule has 0 radical (unpaired) electrons. The van der Waals surface area contributed by atoms with Gasteiger partial charge in [0.25, 0.3) is 0 Å². The van der Waals surface area contributed by atoms with Gasteiger partial charge in [-0.2, -0.15) is 0 Å². The maximum Gasteiger partial charge on any atom is 0.342 e. The quantitative estimate of drug-likeness (QED) is 0.199. The number of benzene rings is 1. The van der Waals surface area contributed by atoms with Crippen LogP contribution in [0.3, 0.4) is 0 Å². The lowest BCUT2D eigenvalue weighted by atomic mass is 9.73. The molecule has 0 saturated heterocycles. The Labute approximate surface area is 224 Å². The number of aryl methyl sites for hydroxylation is 1. The van der Waals surface area contributed by atoms with Crippen molar-refractivity contribution in [1.29, 1.82) is 0 Å². The highest BCUT2D eigenvalue weighted by atomic mass is 16.5. The van der Waals surface area contributed by atoms with Gasteiger partial charge in [0.05, 0.1) is 0 Å². The Morgan fingerprint density at radius 3 is 2.57 bits per heavy atom. The van der Waals surface area contributed by atoms with Gasteiger partial charge in [-0.05, 0) is 89.7 Å². The third-order valence-electron chi connectivity index (χ3n) is 8.38. The van der Waals surface area contributed by atoms with Gasteiger partial charge < -0.3 is 14.9 Å². The number of hydrogen-bond acceptors (Lipinski definition) is 4. The minimum atomic E-state index is -0.485. The molecule has 2 aliphatic carbocycles. The van der Waals surface area contributed by atoms with Crippen LogP contribution in [0.5, 0.6) is 11.5 Å². The number of rotatable bonds is 9. The Morgan fingerprint density at radius 2 is 1.95 bits per heavy atom. The SMILES string of the molecule is C=C(C)[C@@H]1CCC(C)=C[C@H]1c1c(O)cc(CCCCC)c(C(=O)OC2CC(C)CC2(C)C=C(C)C)c1O. The van der Waals surface area contributed by atoms with E-state index in [9.17, 15) is 15.0 Å². The van der Waals surface area contributed by atoms with Gasteiger partial charge in [-0.3, -0.25) is 0 Å². The third-order valence-corrected chi connectivity index (χ3v) is 8.38. The molecule has 4 nitrogen and oxygen atoms in total. The molecule has 3 unspecified atom stereocenters. The van der Waals surface area contributed by atoms with Crippen LogP contribution < -0.4 is 0 Å². The minimum absolute atomic E-state index is 0.0478. The van der Waals surface area contributed by atoms with Crippen molar-refractivity contribution in [1.82, 2.24) is 0 Å². The van der Waals surface area contributed by atoms with Crippen LogP contribution >= 0.6 is 0 Å². The zero-order valence-electron chi connectivity index (χ0n) is 24.1. The Bertz CT molecular complexity index is 1070. The summed E-state index contributed by atoms with van der Waals surface area (Å²) in [6.07, 6.45) is 11.2. The zero-order valence-corrected chi connectivity index (χ0v) is 24.1. The highest BCUT2D eigenvalue weighted by molar-refractivity contribution is 5.95. The molecule has 0 aromatic heterocycles. The Morgan fingerprint density at radius 1 is 1.24 bits per heavy atom. The topological polar surface area (TPSA) is 66.8 Å². The average molecular weight is 509 g/mol. The largest absolute Gasteiger partial charge is 0.507 e. The predicted molar refractivity (Wildman–Crippen MR) is 152 cm³/mol. The molecular formula is C33H48O4. The predicted octanol–water partition coefficient (Wildman–Crippen LogP) is 8.77. The van der Waals surface area contributed by atoms with Crippen LogP contribution in [-0.2, 0) is 11.2 Å². The fourth-order valence-corrected chi connectivity index (χ4v) is 6.73. The minimum Gasteiger partial charge on any atom is -0.507 e. The summed E-state index contributed by atoms with van der Waals surface area (Å²) in [5.74, 6) is -0.267. The molecule has 204 valence electrons. The number of hydrogen-bond donors (Lipinski definition) is 2. The molecule has 2 N–H and O–H groups in total. The molecule has 1 aromatic carbocycles. The summed E-state index contributed by atoms with van der Waals surface area (Å²) in [6, 6.07) is 1.70. The van der Waals surface area contributed by atoms with Gasteiger partial charge in [0.15, 0.2) is 0 Å². The van der Waals surface area contributed by atoms with Crippen molar-refractivity contribution in [2.24, 2.45) is 17.3 Å². The number of allylic oxidation sites excluding steroid dienone is 4. The second-order valence-electron chi connectivity index (χ2n) is 12.3. The molecular weight excluding hydrogens is 460 g/mol. The Kier molecular flexibility index (Phi) is 9.37. The van der Waals surface area contributed by atoms with Crippen LogP contribution in [0.4, 0.5) is 0 Å². The number of phenols is 2. The first-order valence-electron chi connectivity index (χ1n) is 14.1. The maximum absolute atomic E-state index is 13.9. The second kappa shape index (κ2) is 11.9. The highest BCUT2D eigenvalue weighted by Crippen LogP contribution is 2.49. The van der Waals surface area contributed by atoms with Crippen LogP contribution in [0.25, 0.3) is 0 Å². The first kappa shape index (κ1) is 29.1. The molecule has 2 aliphatic rings. The number of ether oxygens (including phenoxy) is 1. The fourth-order valence-electron chi connectivity index (χ4n) is 6.73. The van der Waals surface area contributed by atoms with Crippen LogP contribution in [0.15, 0.2) is 41.5 Å². The van der Waals surface area contributed by atoms with Gasteiger partial charge in [-0.25, -0.2) is 4.79 Å². The van der Waals surface area contributed by atoms with Crippen molar-refractivity contribution >= 4 is 5.97 Å². The van der Waals surface area contributed by atoms with Gasteiger partial charge in [0.2, 0.25) is 0 Å². The van der Waals surface area contributed by atoms with E-state index in [-0.39, 0.29) is 40.4 Å². The normalized spacial score (nSPS) is 27.5. The molecule has 1 fully saturated rings. The summed E-state index contributed by atoms with van der Waals surface area (Å²) >= 11 is 0. The maximum atomic E-state index is 13.9. The summed E-state index contributed by atoms with van der Waals surface area (Å²) in [5.41, 5.74) is 4.51. The average Bonchev–Trinajstić information content (AvgIpc) is 3.04. The van der Waals surface area contributed by atoms with E-state index in [0.29, 0.717) is 23.5 Å². The van der Waals surface area contributed by atoms with Gasteiger partial charge >= 0.3 is 5.97 Å². The summed E-state index contributed by atoms with van der Waals surface area (Å²) in [5, 5.41) is 22.9. The number of carbonyl (C=O) groups is 1. The zero-order chi connectivity index (χ0) is 27.5. The third kappa shape index (κ3) is 6.51. The van der Waals surface area contributed by atoms with Crippen molar-refractivity contribution in [3.8, 4) is 11.5 Å². The first-order valence-corrected chi connectivity index (χ1v) is 14.1. The van der Waals surface area contributed by atoms with Gasteiger partial charge in [-0.15, -0.1) is 0 Å². The van der Waals surface area contributed by atoms with E-state index in [2.05, 4.69) is 60.3 Å². The smallest absolute Gasteiger partial charge is 0.342 e. The number of aromatic hydroxyl groups is 2. The molecule has 1 aromatic rings. The van der Waals surface area contributed by atoms with Crippen molar-refractivity contribution in [3.05, 3.63) is 58.2 Å². The van der Waals surface area contributed by atoms with Crippen LogP contribution in [0, 0.1) is 17.3 Å². The van der Waals surface area contributed by atoms with Gasteiger partial charge in [0, 0.05) is 16.9 Å². The lowest BCUT2D eigenvalue weighted by Crippen LogP contribution is -2.30. The molecule has 5 atom stereocenters. The molecule has 0 bridgehead atoms. The van der Waals surface area contributed by atoms with Gasteiger partial charge in [0.1, 0.15) is 23.2 Å². The van der Waals surface area contributed by atoms with E-state index in [0.717, 1.165) is 50.5 Å². The lowest BCUT2D eigenvalue weighted by Gasteiger charge is -2.32. The number of carbonyl (C=O) groups excluding carboxylic acids is 1. The van der Waals surface area contributed by atoms with Crippen molar-refractivity contribution < 1.29 is 19.7 Å². The lowest BCUT2D eigenvalue weighted by molar-refractivity contribution is 0.00994. The number of esters is 1. The highest BCUT2D eigenvalue weighted by Gasteiger charge is 2.44. The summed E-state index contributed by atoms with van der Waals surface area (Å²) < 4.78 is 6.23. The summed E-state index contributed by atoms with van der Waals surface area (Å²) in [7, 11) is 0. The van der Waals surface area contributed by atoms with E-state index >= 15 is 0 Å². The second-order valence-corrected chi connectivity index (χ2v) is 12.3. The van der Waals surface area contributed by atoms with E-state index in [1.165, 1.54) is 11.1 Å². The van der Waals surface area contributed by atoms with Crippen LogP contribution in [0.1, 0.15) is 121 Å². The molecule has 4 heteroatoms. The molecule has 0 aliphatic heterocycles. The van der Waals surface area contributed by atoms with E-state index < -0.39 is 5.97 Å². The molecule has 0 amide bonds. The fraction of sp³-hybridized carbons (Fsp3) is 0.606. The summed E-state index contributed by atoms with van der Waals surface area (Å²) in [6.45, 7) is 18.9. The van der Waals surface area contributed by atoms with Crippen LogP contribution in [0.2, 0.25) is 0 Å². The monoisotopic (exact) mass is 508 g/mol. The molecule has 0 heterocycles. The molecule has 3 rings (SSSR count). The van der Waals surface area contributed by atoms with Crippen LogP contribution in [-0.4, -0.2) is 22.3 Å². The van der Waals surface area contributed by atoms with Crippen molar-refractivity contribution in [2.45, 2.75) is 112 Å². The van der Waals surface area contributed by atoms with E-state index in [1.807, 2.05) is 6.92 Å². The van der Waals surface area contributed by atoms with Crippen molar-refractivity contribution in [2.75, 3.05) is 0 Å². The molecule has 0 spiro atoms. The number of phenolic OH excluding ortho intramolecular Hbond substituents is 2. The van der Waals surface area contributed by atoms with E-state index in [1.54, 1.807) is 6.07 Å². The van der Waals surface area contributed by atoms with E-state index in [4.69, 9.17) is 4.74 Å². The summed E-state index contributed by atoms with van der Waals surface area (Å²) in [4.78, 5) is 13.9. The standard InChI is InChI=1S/C33H48O4/c1-9-10-11-12-24-17-27(34)30(26-15-22(6)13-14-25(26)21(4)5)31(35)29(24)32(36)37-28-16-23(7)19-33(28,8)18-20(2)3/h15,17-18,23,25-26,28,34-35H,4,9-14,16,19H2,1-3,5-8H3/t23?,25-,26+,28?,33?/m0/s1. The Hall–Kier alpha value is -2.49. The molecule has 37 heavy (non-hydrogen) atoms. The Balaban J connectivity index is 2.09. The molecule has 1 saturated carbocycles. The first-order chi connectivity index (χ1) is 17.4. The van der Waals surface area contributed by atoms with Gasteiger partial charge in [-0.1, -0.05) is 69.1 Å². The number of unbranched alkanes of at least 4 members (excludes halogenated alkanes) is 2. The van der Waals surface area contributed by atoms with Crippen molar-refractivity contribution in [3.63, 3.8) is 0 Å².